The van der Waals surface area contributed by atoms with Crippen LogP contribution in [-0.2, 0) is 12.8 Å². The van der Waals surface area contributed by atoms with Crippen LogP contribution in [0.15, 0.2) is 175 Å². The highest BCUT2D eigenvalue weighted by molar-refractivity contribution is 6.12. The maximum Gasteiger partial charge on any atom is 0.152 e. The summed E-state index contributed by atoms with van der Waals surface area (Å²) in [5.41, 5.74) is 13.7. The first-order valence-corrected chi connectivity index (χ1v) is 25.6. The maximum atomic E-state index is 11.6. The number of furan rings is 1. The molecule has 1 unspecified atom stereocenters. The molecule has 9 aromatic rings. The first-order valence-electron chi connectivity index (χ1n) is 25.6. The highest BCUT2D eigenvalue weighted by atomic mass is 16.3. The van der Waals surface area contributed by atoms with Gasteiger partial charge in [0.25, 0.3) is 0 Å². The zero-order valence-corrected chi connectivity index (χ0v) is 43.8. The molecule has 1 aliphatic carbocycles. The zero-order chi connectivity index (χ0) is 53.4. The van der Waals surface area contributed by atoms with E-state index in [1.165, 1.54) is 0 Å². The Morgan fingerprint density at radius 1 is 0.829 bits per heavy atom. The van der Waals surface area contributed by atoms with Crippen molar-refractivity contribution in [3.8, 4) is 41.5 Å². The molecule has 10 rings (SSSR count). The largest absolute Gasteiger partial charge is 0.459 e. The molecule has 0 fully saturated rings. The van der Waals surface area contributed by atoms with Gasteiger partial charge >= 0.3 is 0 Å². The summed E-state index contributed by atoms with van der Waals surface area (Å²) in [6, 6.07) is 36.3. The molecule has 0 bridgehead atoms. The molecule has 0 N–H and O–H groups in total. The zero-order valence-electron chi connectivity index (χ0n) is 43.8. The van der Waals surface area contributed by atoms with Crippen molar-refractivity contribution in [1.82, 2.24) is 18.3 Å². The first kappa shape index (κ1) is 49.8. The number of aromatic nitrogens is 4. The lowest BCUT2D eigenvalue weighted by molar-refractivity contribution is 0.535. The molecule has 7 heteroatoms. The Morgan fingerprint density at radius 2 is 1.55 bits per heavy atom. The van der Waals surface area contributed by atoms with Gasteiger partial charge in [-0.2, -0.15) is 10.5 Å². The predicted octanol–water partition coefficient (Wildman–Crippen LogP) is 15.7. The van der Waals surface area contributed by atoms with E-state index in [0.717, 1.165) is 99.2 Å². The van der Waals surface area contributed by atoms with E-state index < -0.39 is 0 Å². The number of nitrogens with zero attached hydrogens (tertiary/aromatic N) is 6. The number of hydrogen-bond donors (Lipinski definition) is 0. The Bertz CT molecular complexity index is 4360. The van der Waals surface area contributed by atoms with Gasteiger partial charge in [0.1, 0.15) is 11.8 Å². The van der Waals surface area contributed by atoms with Crippen molar-refractivity contribution in [2.45, 2.75) is 59.9 Å². The minimum Gasteiger partial charge on any atom is -0.459 e. The number of terminal acetylenes is 1. The summed E-state index contributed by atoms with van der Waals surface area (Å²) in [5, 5.41) is 28.6. The van der Waals surface area contributed by atoms with Gasteiger partial charge in [0.2, 0.25) is 0 Å². The van der Waals surface area contributed by atoms with Crippen molar-refractivity contribution >= 4 is 85.9 Å². The lowest BCUT2D eigenvalue weighted by atomic mass is 9.96. The number of allylic oxidation sites excluding steroid dienone is 12. The molecule has 4 aromatic carbocycles. The third-order valence-corrected chi connectivity index (χ3v) is 14.8. The molecule has 1 aliphatic rings. The van der Waals surface area contributed by atoms with E-state index in [0.29, 0.717) is 53.3 Å². The Labute approximate surface area is 444 Å². The van der Waals surface area contributed by atoms with Crippen LogP contribution >= 0.6 is 0 Å². The van der Waals surface area contributed by atoms with Gasteiger partial charge in [-0.3, -0.25) is 0 Å². The van der Waals surface area contributed by atoms with Gasteiger partial charge in [-0.25, -0.2) is 0 Å². The SMILES string of the molecule is C#Cc1c(-c2c(C)n(C(/C=C(/C#N)C(=C)n3c4c(c5ccc6c(C)c(/C=C\CC=C)n(-c7ccccc7)c6c53)CC(n3c(=C)/c(=C\C=C/C)c5ccccc53)C=C4)=C(/C)C#N)c3ccccc23)oc(CC=C)c1/C=C\C. The molecule has 370 valence electrons. The Hall–Kier alpha value is -9.74. The van der Waals surface area contributed by atoms with Crippen LogP contribution in [0.1, 0.15) is 78.3 Å². The van der Waals surface area contributed by atoms with Crippen LogP contribution in [0, 0.1) is 48.9 Å². The fourth-order valence-electron chi connectivity index (χ4n) is 11.4. The van der Waals surface area contributed by atoms with Crippen molar-refractivity contribution < 1.29 is 4.42 Å². The highest BCUT2D eigenvalue weighted by Crippen LogP contribution is 2.46. The van der Waals surface area contributed by atoms with Gasteiger partial charge in [-0.1, -0.05) is 140 Å². The Kier molecular flexibility index (Phi) is 13.5. The van der Waals surface area contributed by atoms with Crippen molar-refractivity contribution in [2.75, 3.05) is 0 Å². The lowest BCUT2D eigenvalue weighted by Gasteiger charge is -2.22. The van der Waals surface area contributed by atoms with Gasteiger partial charge < -0.3 is 22.7 Å². The number of hydrogen-bond acceptors (Lipinski definition) is 3. The lowest BCUT2D eigenvalue weighted by Crippen LogP contribution is -2.31. The fourth-order valence-corrected chi connectivity index (χ4v) is 11.4. The van der Waals surface area contributed by atoms with Gasteiger partial charge in [0, 0.05) is 77.9 Å². The second-order valence-corrected chi connectivity index (χ2v) is 19.1. The molecule has 0 spiro atoms. The molecule has 0 saturated heterocycles. The van der Waals surface area contributed by atoms with E-state index in [4.69, 9.17) is 17.4 Å². The van der Waals surface area contributed by atoms with E-state index in [1.807, 2.05) is 86.1 Å². The third kappa shape index (κ3) is 8.00. The fraction of sp³-hybridized carbons (Fsp3) is 0.130. The molecule has 5 heterocycles. The number of aryl methyl sites for hydroxylation is 1. The molecule has 76 heavy (non-hydrogen) atoms. The summed E-state index contributed by atoms with van der Waals surface area (Å²) in [4.78, 5) is 0. The predicted molar refractivity (Wildman–Crippen MR) is 320 cm³/mol. The van der Waals surface area contributed by atoms with Gasteiger partial charge in [0.05, 0.1) is 56.8 Å². The average Bonchev–Trinajstić information content (AvgIpc) is 4.31. The Balaban J connectivity index is 1.25. The molecule has 7 nitrogen and oxygen atoms in total. The van der Waals surface area contributed by atoms with Crippen LogP contribution in [0.2, 0.25) is 0 Å². The molecule has 0 saturated carbocycles. The monoisotopic (exact) mass is 986 g/mol. The minimum absolute atomic E-state index is 0.0789. The summed E-state index contributed by atoms with van der Waals surface area (Å²) in [6.45, 7) is 27.4. The molecule has 0 radical (unpaired) electrons. The van der Waals surface area contributed by atoms with E-state index in [-0.39, 0.29) is 11.6 Å². The van der Waals surface area contributed by atoms with Gasteiger partial charge in [-0.05, 0) is 101 Å². The number of para-hydroxylation sites is 3. The van der Waals surface area contributed by atoms with E-state index in [2.05, 4.69) is 156 Å². The quantitative estimate of drug-likeness (QED) is 0.0471. The maximum absolute atomic E-state index is 11.6. The average molecular weight is 987 g/mol. The second-order valence-electron chi connectivity index (χ2n) is 19.1. The normalized spacial score (nSPS) is 14.4. The molecule has 0 amide bonds. The standard InChI is InChI=1S/C69H58N6O/c1-11-16-19-33-60-45(7)53-37-38-57-59-41-51(72-47(9)54(30-17-12-2)55-31-22-24-34-61(55)72)36-39-63(59)74(68(57)67(53)75(60)50-28-20-18-21-29-50)46(8)49(43-71)40-64(44(6)42-70)73-48(10)66(58-32-23-25-35-62(58)73)69-52(15-5)56(26-13-3)65(76-69)27-14-4/h5,11-14,17-26,28-40,51H,1,4,8-9,16,27,41H2,2-3,6-7,10H3/b17-12-,26-13-,33-19-,49-40-,54-30+,64-44-. The summed E-state index contributed by atoms with van der Waals surface area (Å²) < 4.78 is 15.6. The van der Waals surface area contributed by atoms with Crippen LogP contribution in [0.3, 0.4) is 0 Å². The summed E-state index contributed by atoms with van der Waals surface area (Å²) in [5.74, 6) is 4.20. The summed E-state index contributed by atoms with van der Waals surface area (Å²) in [7, 11) is 0. The van der Waals surface area contributed by atoms with Crippen LogP contribution < -0.4 is 10.6 Å². The van der Waals surface area contributed by atoms with E-state index in [9.17, 15) is 10.5 Å². The van der Waals surface area contributed by atoms with Crippen molar-refractivity contribution in [3.05, 3.63) is 226 Å². The molecule has 0 aliphatic heterocycles. The molecular formula is C69H58N6O. The number of benzene rings is 4. The first-order chi connectivity index (χ1) is 37.1. The molecular weight excluding hydrogens is 929 g/mol. The van der Waals surface area contributed by atoms with E-state index in [1.54, 1.807) is 13.0 Å². The van der Waals surface area contributed by atoms with Crippen LogP contribution in [0.25, 0.3) is 103 Å². The summed E-state index contributed by atoms with van der Waals surface area (Å²) in [6.07, 6.45) is 32.6. The molecule has 5 aromatic heterocycles. The van der Waals surface area contributed by atoms with Gasteiger partial charge in [-0.15, -0.1) is 19.6 Å². The van der Waals surface area contributed by atoms with E-state index >= 15 is 0 Å². The Morgan fingerprint density at radius 3 is 2.25 bits per heavy atom. The number of fused-ring (bicyclic) bond motifs is 7. The molecule has 1 atom stereocenters. The summed E-state index contributed by atoms with van der Waals surface area (Å²) >= 11 is 0. The number of nitriles is 2. The highest BCUT2D eigenvalue weighted by Gasteiger charge is 2.31. The van der Waals surface area contributed by atoms with Crippen molar-refractivity contribution in [2.24, 2.45) is 0 Å². The smallest absolute Gasteiger partial charge is 0.152 e. The van der Waals surface area contributed by atoms with Crippen LogP contribution in [0.5, 0.6) is 0 Å². The van der Waals surface area contributed by atoms with Gasteiger partial charge in [0.15, 0.2) is 5.76 Å². The topological polar surface area (TPSA) is 80.4 Å². The van der Waals surface area contributed by atoms with Crippen LogP contribution in [-0.4, -0.2) is 18.3 Å². The van der Waals surface area contributed by atoms with Crippen molar-refractivity contribution in [1.29, 1.82) is 10.5 Å². The third-order valence-electron chi connectivity index (χ3n) is 14.8. The minimum atomic E-state index is -0.0789. The van der Waals surface area contributed by atoms with Crippen LogP contribution in [0.4, 0.5) is 0 Å². The second kappa shape index (κ2) is 20.6. The number of rotatable bonds is 14. The van der Waals surface area contributed by atoms with Crippen molar-refractivity contribution in [3.63, 3.8) is 0 Å².